The molecule has 1 fully saturated rings. The average molecular weight is 688 g/mol. The number of methoxy groups -OCH3 is 2. The predicted octanol–water partition coefficient (Wildman–Crippen LogP) is 2.71. The highest BCUT2D eigenvalue weighted by molar-refractivity contribution is 7.92. The highest BCUT2D eigenvalue weighted by Gasteiger charge is 2.55. The van der Waals surface area contributed by atoms with Gasteiger partial charge < -0.3 is 38.5 Å². The molecule has 2 aromatic carbocycles. The lowest BCUT2D eigenvalue weighted by Crippen LogP contribution is -2.64. The summed E-state index contributed by atoms with van der Waals surface area (Å²) in [6, 6.07) is 15.1. The van der Waals surface area contributed by atoms with Gasteiger partial charge in [-0.2, -0.15) is 0 Å². The summed E-state index contributed by atoms with van der Waals surface area (Å²) >= 11 is 0. The van der Waals surface area contributed by atoms with E-state index in [2.05, 4.69) is 15.0 Å². The lowest BCUT2D eigenvalue weighted by Gasteiger charge is -2.43. The van der Waals surface area contributed by atoms with Crippen LogP contribution in [0.4, 0.5) is 17.2 Å². The molecule has 0 radical (unpaired) electrons. The Kier molecular flexibility index (Phi) is 11.4. The Labute approximate surface area is 275 Å². The average Bonchev–Trinajstić information content (AvgIpc) is 3.04. The van der Waals surface area contributed by atoms with Gasteiger partial charge in [-0.3, -0.25) is 19.1 Å². The van der Waals surface area contributed by atoms with E-state index in [4.69, 9.17) is 33.2 Å². The highest BCUT2D eigenvalue weighted by atomic mass is 32.2. The van der Waals surface area contributed by atoms with E-state index < -0.39 is 64.6 Å². The van der Waals surface area contributed by atoms with Crippen LogP contribution in [0.3, 0.4) is 0 Å². The van der Waals surface area contributed by atoms with E-state index in [0.717, 1.165) is 27.9 Å². The molecule has 0 saturated carbocycles. The first-order chi connectivity index (χ1) is 22.8. The van der Waals surface area contributed by atoms with Gasteiger partial charge in [-0.15, -0.1) is 0 Å². The molecule has 0 unspecified atom stereocenters. The molecule has 4 rings (SSSR count). The zero-order chi connectivity index (χ0) is 35.0. The number of aromatic nitrogens is 1. The number of pyridine rings is 1. The van der Waals surface area contributed by atoms with Crippen LogP contribution in [0.1, 0.15) is 20.8 Å². The molecular formula is C31H33N3O13S. The number of anilines is 3. The predicted molar refractivity (Wildman–Crippen MR) is 166 cm³/mol. The molecule has 0 amide bonds. The maximum atomic E-state index is 13.0. The number of carbonyl (C=O) groups excluding carboxylic acids is 4. The number of hydrogen-bond acceptors (Lipinski definition) is 15. The van der Waals surface area contributed by atoms with Crippen molar-refractivity contribution in [3.05, 3.63) is 66.9 Å². The molecule has 0 spiro atoms. The van der Waals surface area contributed by atoms with E-state index in [1.807, 2.05) is 0 Å². The van der Waals surface area contributed by atoms with Crippen LogP contribution in [0.25, 0.3) is 0 Å². The Morgan fingerprint density at radius 1 is 0.771 bits per heavy atom. The number of esters is 4. The summed E-state index contributed by atoms with van der Waals surface area (Å²) in [7, 11) is -1.42. The van der Waals surface area contributed by atoms with Gasteiger partial charge >= 0.3 is 23.9 Å². The molecule has 16 nitrogen and oxygen atoms in total. The van der Waals surface area contributed by atoms with Crippen molar-refractivity contribution in [1.29, 1.82) is 0 Å². The molecule has 0 aliphatic carbocycles. The minimum absolute atomic E-state index is 0.0150. The normalized spacial score (nSPS) is 20.4. The van der Waals surface area contributed by atoms with Crippen LogP contribution in [0.15, 0.2) is 71.8 Å². The third-order valence-electron chi connectivity index (χ3n) is 6.63. The zero-order valence-corrected chi connectivity index (χ0v) is 27.2. The van der Waals surface area contributed by atoms with Crippen LogP contribution < -0.4 is 19.5 Å². The minimum atomic E-state index is -3.97. The van der Waals surface area contributed by atoms with Crippen LogP contribution in [0, 0.1) is 0 Å². The number of sulfonamides is 1. The van der Waals surface area contributed by atoms with Crippen molar-refractivity contribution in [3.63, 3.8) is 0 Å². The van der Waals surface area contributed by atoms with Crippen LogP contribution in [-0.2, 0) is 52.9 Å². The maximum Gasteiger partial charge on any atom is 0.339 e. The van der Waals surface area contributed by atoms with Crippen LogP contribution in [0.2, 0.25) is 0 Å². The van der Waals surface area contributed by atoms with Gasteiger partial charge in [-0.25, -0.2) is 18.2 Å². The van der Waals surface area contributed by atoms with Crippen molar-refractivity contribution in [1.82, 2.24) is 4.98 Å². The van der Waals surface area contributed by atoms with Crippen LogP contribution in [0.5, 0.6) is 11.5 Å². The number of rotatable bonds is 12. The molecule has 256 valence electrons. The smallest absolute Gasteiger partial charge is 0.339 e. The summed E-state index contributed by atoms with van der Waals surface area (Å²) in [5.74, 6) is -2.59. The van der Waals surface area contributed by atoms with E-state index in [9.17, 15) is 27.6 Å². The second-order valence-corrected chi connectivity index (χ2v) is 11.8. The molecule has 2 heterocycles. The Morgan fingerprint density at radius 3 is 1.94 bits per heavy atom. The Hall–Kier alpha value is -5.42. The number of benzene rings is 2. The minimum Gasteiger partial charge on any atom is -0.497 e. The van der Waals surface area contributed by atoms with E-state index in [1.165, 1.54) is 55.8 Å². The fourth-order valence-corrected chi connectivity index (χ4v) is 5.67. The number of hydrogen-bond donors (Lipinski definition) is 2. The molecule has 48 heavy (non-hydrogen) atoms. The third kappa shape index (κ3) is 8.89. The monoisotopic (exact) mass is 687 g/mol. The van der Waals surface area contributed by atoms with Crippen molar-refractivity contribution in [2.24, 2.45) is 0 Å². The van der Waals surface area contributed by atoms with Gasteiger partial charge in [0.25, 0.3) is 10.0 Å². The van der Waals surface area contributed by atoms with Crippen molar-refractivity contribution in [2.45, 2.75) is 56.4 Å². The zero-order valence-electron chi connectivity index (χ0n) is 26.4. The first-order valence-corrected chi connectivity index (χ1v) is 15.7. The molecular weight excluding hydrogens is 654 g/mol. The Balaban J connectivity index is 1.56. The SMILES string of the molecule is COC(=O)[C@H]1O[C@@H](Oc2ccc(Nc3ncccc3NS(=O)(=O)c3ccc(OC)cc3)cc2)[C@H](OC(C)=O)[C@@H](OC(C)=O)[C@@H]1OC(C)=O. The largest absolute Gasteiger partial charge is 0.497 e. The van der Waals surface area contributed by atoms with Crippen LogP contribution >= 0.6 is 0 Å². The van der Waals surface area contributed by atoms with E-state index >= 15 is 0 Å². The molecule has 1 saturated heterocycles. The summed E-state index contributed by atoms with van der Waals surface area (Å²) in [6.07, 6.45) is -6.22. The third-order valence-corrected chi connectivity index (χ3v) is 8.01. The lowest BCUT2D eigenvalue weighted by molar-refractivity contribution is -0.282. The van der Waals surface area contributed by atoms with Gasteiger partial charge in [0.1, 0.15) is 11.5 Å². The summed E-state index contributed by atoms with van der Waals surface area (Å²) < 4.78 is 66.1. The van der Waals surface area contributed by atoms with E-state index in [0.29, 0.717) is 11.4 Å². The Morgan fingerprint density at radius 2 is 1.35 bits per heavy atom. The standard InChI is InChI=1S/C31H33N3O13S/c1-17(35)43-25-26(44-18(2)36)28(45-19(3)37)31(47-27(25)30(38)42-5)46-22-10-8-20(9-11-22)33-29-24(7-6-16-32-29)34-48(39,40)23-14-12-21(41-4)13-15-23/h6-16,25-28,31,34H,1-5H3,(H,32,33)/t25-,26-,27-,28+,31+/m0/s1. The number of ether oxygens (including phenoxy) is 7. The summed E-state index contributed by atoms with van der Waals surface area (Å²) in [5, 5.41) is 3.03. The molecule has 3 aromatic rings. The second kappa shape index (κ2) is 15.4. The van der Waals surface area contributed by atoms with Crippen molar-refractivity contribution in [2.75, 3.05) is 24.3 Å². The van der Waals surface area contributed by atoms with Gasteiger partial charge in [0, 0.05) is 32.7 Å². The van der Waals surface area contributed by atoms with Gasteiger partial charge in [-0.05, 0) is 60.7 Å². The lowest BCUT2D eigenvalue weighted by atomic mass is 9.97. The molecule has 5 atom stereocenters. The van der Waals surface area contributed by atoms with Gasteiger partial charge in [-0.1, -0.05) is 0 Å². The molecule has 2 N–H and O–H groups in total. The number of nitrogens with zero attached hydrogens (tertiary/aromatic N) is 1. The van der Waals surface area contributed by atoms with E-state index in [1.54, 1.807) is 18.2 Å². The Bertz CT molecular complexity index is 1730. The highest BCUT2D eigenvalue weighted by Crippen LogP contribution is 2.32. The fourth-order valence-electron chi connectivity index (χ4n) is 4.61. The van der Waals surface area contributed by atoms with Crippen molar-refractivity contribution in [3.8, 4) is 11.5 Å². The molecule has 0 bridgehead atoms. The van der Waals surface area contributed by atoms with Crippen molar-refractivity contribution >= 4 is 51.1 Å². The first-order valence-electron chi connectivity index (χ1n) is 14.2. The van der Waals surface area contributed by atoms with Gasteiger partial charge in [0.15, 0.2) is 24.1 Å². The van der Waals surface area contributed by atoms with Gasteiger partial charge in [0.2, 0.25) is 12.4 Å². The van der Waals surface area contributed by atoms with Gasteiger partial charge in [0.05, 0.1) is 24.8 Å². The number of carbonyl (C=O) groups is 4. The molecule has 1 aliphatic heterocycles. The maximum absolute atomic E-state index is 13.0. The molecule has 17 heteroatoms. The van der Waals surface area contributed by atoms with Crippen LogP contribution in [-0.4, -0.2) is 82.2 Å². The first kappa shape index (κ1) is 35.4. The molecule has 1 aliphatic rings. The quantitative estimate of drug-likeness (QED) is 0.208. The molecule has 1 aromatic heterocycles. The summed E-state index contributed by atoms with van der Waals surface area (Å²) in [6.45, 7) is 3.25. The second-order valence-electron chi connectivity index (χ2n) is 10.1. The summed E-state index contributed by atoms with van der Waals surface area (Å²) in [4.78, 5) is 52.9. The summed E-state index contributed by atoms with van der Waals surface area (Å²) in [5.41, 5.74) is 0.633. The fraction of sp³-hybridized carbons (Fsp3) is 0.323. The number of nitrogens with one attached hydrogen (secondary N) is 2. The van der Waals surface area contributed by atoms with E-state index in [-0.39, 0.29) is 22.2 Å². The van der Waals surface area contributed by atoms with Crippen molar-refractivity contribution < 1.29 is 60.8 Å². The topological polar surface area (TPSA) is 204 Å².